The monoisotopic (exact) mass is 791 g/mol. The zero-order valence-electron chi connectivity index (χ0n) is 33.2. The fraction of sp³-hybridized carbons (Fsp3) is 0. The van der Waals surface area contributed by atoms with E-state index < -0.39 is 0 Å². The molecule has 0 bridgehead atoms. The smallest absolute Gasteiger partial charge is 0.227 e. The summed E-state index contributed by atoms with van der Waals surface area (Å²) >= 11 is 0. The summed E-state index contributed by atoms with van der Waals surface area (Å²) in [6.45, 7) is 0. The Morgan fingerprint density at radius 2 is 0.984 bits per heavy atom. The first-order valence-corrected chi connectivity index (χ1v) is 20.8. The van der Waals surface area contributed by atoms with Gasteiger partial charge in [0.2, 0.25) is 5.71 Å². The number of hydrogen-bond acceptors (Lipinski definition) is 5. The summed E-state index contributed by atoms with van der Waals surface area (Å²) in [5, 5.41) is 11.2. The van der Waals surface area contributed by atoms with Crippen molar-refractivity contribution in [2.45, 2.75) is 0 Å². The first-order valence-electron chi connectivity index (χ1n) is 20.8. The summed E-state index contributed by atoms with van der Waals surface area (Å²) in [7, 11) is 0. The molecule has 13 rings (SSSR count). The molecule has 0 aliphatic carbocycles. The van der Waals surface area contributed by atoms with Crippen molar-refractivity contribution in [1.82, 2.24) is 24.5 Å². The molecule has 6 heteroatoms. The molecule has 0 spiro atoms. The Labute approximate surface area is 355 Å². The molecule has 0 amide bonds. The minimum atomic E-state index is 0.464. The Morgan fingerprint density at radius 3 is 1.82 bits per heavy atom. The Balaban J connectivity index is 1.09. The number of para-hydroxylation sites is 2. The first kappa shape index (κ1) is 34.4. The highest BCUT2D eigenvalue weighted by atomic mass is 16.3. The lowest BCUT2D eigenvalue weighted by Crippen LogP contribution is -2.02. The average Bonchev–Trinajstić information content (AvgIpc) is 3.88. The molecule has 0 unspecified atom stereocenters. The van der Waals surface area contributed by atoms with Gasteiger partial charge in [0.15, 0.2) is 17.5 Å². The molecule has 4 aromatic heterocycles. The predicted octanol–water partition coefficient (Wildman–Crippen LogP) is 14.4. The molecule has 6 nitrogen and oxygen atoms in total. The minimum absolute atomic E-state index is 0.464. The predicted molar refractivity (Wildman–Crippen MR) is 254 cm³/mol. The fourth-order valence-corrected chi connectivity index (χ4v) is 9.37. The van der Waals surface area contributed by atoms with Gasteiger partial charge in [0.1, 0.15) is 11.3 Å². The molecule has 0 N–H and O–H groups in total. The SMILES string of the molecule is c1ccc(-c2c3ccccc3cc3c2c2ccccc2n3-c2cc(-c3nc(-c4ccc5ccccc5c4)nc(-c4ccc5c(n4)oc4ccccc45)n3)cc3ccccc23)cc1. The van der Waals surface area contributed by atoms with Gasteiger partial charge in [-0.05, 0) is 86.6 Å². The normalized spacial score (nSPS) is 11.9. The molecule has 9 aromatic carbocycles. The van der Waals surface area contributed by atoms with Gasteiger partial charge in [-0.1, -0.05) is 152 Å². The summed E-state index contributed by atoms with van der Waals surface area (Å²) in [6, 6.07) is 70.3. The molecule has 0 saturated heterocycles. The van der Waals surface area contributed by atoms with Gasteiger partial charge in [-0.3, -0.25) is 0 Å². The standard InChI is InChI=1S/C56H33N5O/c1-2-15-35(16-3-1)51-42-21-9-7-19-38(42)32-49-52(51)45-23-10-12-24-47(45)61(49)48-33-40(31-37-18-6-8-20-41(37)48)54-58-53(39-27-26-34-14-4-5-17-36(34)30-39)59-55(60-54)46-29-28-44-43-22-11-13-25-50(43)62-56(44)57-46/h1-33H. The maximum absolute atomic E-state index is 6.25. The second kappa shape index (κ2) is 13.5. The van der Waals surface area contributed by atoms with E-state index in [4.69, 9.17) is 24.4 Å². The summed E-state index contributed by atoms with van der Waals surface area (Å²) < 4.78 is 8.68. The largest absolute Gasteiger partial charge is 0.438 e. The number of fused-ring (bicyclic) bond motifs is 9. The van der Waals surface area contributed by atoms with Crippen LogP contribution in [-0.4, -0.2) is 24.5 Å². The number of hydrogen-bond donors (Lipinski definition) is 0. The summed E-state index contributed by atoms with van der Waals surface area (Å²) in [5.41, 5.74) is 9.38. The third kappa shape index (κ3) is 5.37. The summed E-state index contributed by atoms with van der Waals surface area (Å²) in [4.78, 5) is 20.6. The molecule has 0 saturated carbocycles. The second-order valence-corrected chi connectivity index (χ2v) is 15.8. The first-order chi connectivity index (χ1) is 30.7. The fourth-order valence-electron chi connectivity index (χ4n) is 9.37. The van der Waals surface area contributed by atoms with Crippen LogP contribution < -0.4 is 0 Å². The van der Waals surface area contributed by atoms with Crippen molar-refractivity contribution in [2.24, 2.45) is 0 Å². The van der Waals surface area contributed by atoms with E-state index in [1.165, 1.54) is 32.7 Å². The number of furan rings is 1. The van der Waals surface area contributed by atoms with Crippen LogP contribution in [0.25, 0.3) is 127 Å². The second-order valence-electron chi connectivity index (χ2n) is 15.8. The van der Waals surface area contributed by atoms with E-state index in [1.54, 1.807) is 0 Å². The average molecular weight is 792 g/mol. The Morgan fingerprint density at radius 1 is 0.355 bits per heavy atom. The van der Waals surface area contributed by atoms with E-state index >= 15 is 0 Å². The highest BCUT2D eigenvalue weighted by molar-refractivity contribution is 6.23. The zero-order chi connectivity index (χ0) is 40.7. The van der Waals surface area contributed by atoms with Gasteiger partial charge in [0.05, 0.1) is 16.7 Å². The number of pyridine rings is 1. The molecule has 0 atom stereocenters. The van der Waals surface area contributed by atoms with E-state index in [0.29, 0.717) is 28.9 Å². The van der Waals surface area contributed by atoms with Gasteiger partial charge in [-0.25, -0.2) is 19.9 Å². The Hall–Kier alpha value is -8.48. The summed E-state index contributed by atoms with van der Waals surface area (Å²) in [5.74, 6) is 1.58. The van der Waals surface area contributed by atoms with Crippen molar-refractivity contribution < 1.29 is 4.42 Å². The maximum Gasteiger partial charge on any atom is 0.227 e. The van der Waals surface area contributed by atoms with Crippen LogP contribution in [0.3, 0.4) is 0 Å². The molecule has 0 aliphatic heterocycles. The lowest BCUT2D eigenvalue weighted by Gasteiger charge is -2.16. The van der Waals surface area contributed by atoms with E-state index in [2.05, 4.69) is 174 Å². The molecule has 62 heavy (non-hydrogen) atoms. The molecular formula is C56H33N5O. The lowest BCUT2D eigenvalue weighted by atomic mass is 9.93. The lowest BCUT2D eigenvalue weighted by molar-refractivity contribution is 0.654. The molecular weight excluding hydrogens is 759 g/mol. The van der Waals surface area contributed by atoms with Crippen LogP contribution >= 0.6 is 0 Å². The highest BCUT2D eigenvalue weighted by Crippen LogP contribution is 2.44. The quantitative estimate of drug-likeness (QED) is 0.174. The van der Waals surface area contributed by atoms with Crippen molar-refractivity contribution in [3.8, 4) is 51.1 Å². The van der Waals surface area contributed by atoms with Crippen LogP contribution in [-0.2, 0) is 0 Å². The van der Waals surface area contributed by atoms with Crippen molar-refractivity contribution in [3.63, 3.8) is 0 Å². The van der Waals surface area contributed by atoms with Crippen LogP contribution in [0.5, 0.6) is 0 Å². The van der Waals surface area contributed by atoms with Crippen molar-refractivity contribution >= 4 is 76.2 Å². The van der Waals surface area contributed by atoms with Gasteiger partial charge in [0, 0.05) is 38.1 Å². The molecule has 13 aromatic rings. The molecule has 0 aliphatic rings. The van der Waals surface area contributed by atoms with Crippen molar-refractivity contribution in [1.29, 1.82) is 0 Å². The molecule has 288 valence electrons. The third-order valence-electron chi connectivity index (χ3n) is 12.2. The van der Waals surface area contributed by atoms with Crippen LogP contribution in [0.4, 0.5) is 0 Å². The molecule has 0 fully saturated rings. The molecule has 0 radical (unpaired) electrons. The van der Waals surface area contributed by atoms with Crippen molar-refractivity contribution in [3.05, 3.63) is 200 Å². The number of rotatable bonds is 5. The van der Waals surface area contributed by atoms with Gasteiger partial charge in [-0.2, -0.15) is 0 Å². The van der Waals surface area contributed by atoms with Gasteiger partial charge >= 0.3 is 0 Å². The van der Waals surface area contributed by atoms with Crippen LogP contribution in [0, 0.1) is 0 Å². The van der Waals surface area contributed by atoms with Gasteiger partial charge in [0.25, 0.3) is 0 Å². The Bertz CT molecular complexity index is 3940. The minimum Gasteiger partial charge on any atom is -0.438 e. The summed E-state index contributed by atoms with van der Waals surface area (Å²) in [6.07, 6.45) is 0. The van der Waals surface area contributed by atoms with E-state index in [1.807, 2.05) is 30.3 Å². The Kier molecular flexibility index (Phi) is 7.50. The van der Waals surface area contributed by atoms with E-state index in [0.717, 1.165) is 65.7 Å². The topological polar surface area (TPSA) is 69.6 Å². The van der Waals surface area contributed by atoms with E-state index in [-0.39, 0.29) is 0 Å². The van der Waals surface area contributed by atoms with Crippen molar-refractivity contribution in [2.75, 3.05) is 0 Å². The maximum atomic E-state index is 6.25. The third-order valence-corrected chi connectivity index (χ3v) is 12.2. The van der Waals surface area contributed by atoms with Crippen LogP contribution in [0.1, 0.15) is 0 Å². The van der Waals surface area contributed by atoms with Crippen LogP contribution in [0.2, 0.25) is 0 Å². The highest BCUT2D eigenvalue weighted by Gasteiger charge is 2.22. The van der Waals surface area contributed by atoms with Gasteiger partial charge in [-0.15, -0.1) is 0 Å². The zero-order valence-corrected chi connectivity index (χ0v) is 33.2. The van der Waals surface area contributed by atoms with E-state index in [9.17, 15) is 0 Å². The van der Waals surface area contributed by atoms with Gasteiger partial charge < -0.3 is 8.98 Å². The van der Waals surface area contributed by atoms with Crippen LogP contribution in [0.15, 0.2) is 205 Å². The number of benzene rings is 9. The molecule has 4 heterocycles. The number of nitrogens with zero attached hydrogens (tertiary/aromatic N) is 5. The number of aromatic nitrogens is 5.